The second-order valence-electron chi connectivity index (χ2n) is 3.84. The molecule has 5 heteroatoms. The fourth-order valence-electron chi connectivity index (χ4n) is 0.957. The summed E-state index contributed by atoms with van der Waals surface area (Å²) >= 11 is 11.4. The highest BCUT2D eigenvalue weighted by Crippen LogP contribution is 2.10. The highest BCUT2D eigenvalue weighted by atomic mass is 35.5. The lowest BCUT2D eigenvalue weighted by Gasteiger charge is -2.23. The van der Waals surface area contributed by atoms with Crippen LogP contribution in [-0.2, 0) is 0 Å². The number of amides is 1. The summed E-state index contributed by atoms with van der Waals surface area (Å²) in [5, 5.41) is 3.09. The number of nitrogens with one attached hydrogen (secondary N) is 1. The van der Waals surface area contributed by atoms with E-state index in [1.807, 2.05) is 13.8 Å². The van der Waals surface area contributed by atoms with Crippen molar-refractivity contribution in [2.24, 2.45) is 0 Å². The quantitative estimate of drug-likeness (QED) is 0.658. The number of carbonyl (C=O) groups excluding carboxylic acids is 1. The molecule has 0 aliphatic rings. The molecule has 1 amide bonds. The maximum absolute atomic E-state index is 11.7. The number of pyridine rings is 1. The molecular weight excluding hydrogens is 235 g/mol. The third kappa shape index (κ3) is 3.68. The monoisotopic (exact) mass is 246 g/mol. The molecule has 1 aromatic rings. The van der Waals surface area contributed by atoms with Gasteiger partial charge in [-0.3, -0.25) is 4.79 Å². The van der Waals surface area contributed by atoms with Crippen molar-refractivity contribution in [3.8, 4) is 0 Å². The van der Waals surface area contributed by atoms with Gasteiger partial charge in [0.05, 0.1) is 0 Å². The molecule has 0 aliphatic heterocycles. The molecule has 0 fully saturated rings. The van der Waals surface area contributed by atoms with Crippen LogP contribution in [0.2, 0.25) is 5.15 Å². The van der Waals surface area contributed by atoms with Gasteiger partial charge in [-0.1, -0.05) is 11.6 Å². The van der Waals surface area contributed by atoms with Crippen LogP contribution in [0.3, 0.4) is 0 Å². The van der Waals surface area contributed by atoms with Gasteiger partial charge in [-0.05, 0) is 26.0 Å². The molecule has 0 aliphatic carbocycles. The van der Waals surface area contributed by atoms with Gasteiger partial charge in [-0.15, -0.1) is 11.6 Å². The first kappa shape index (κ1) is 12.3. The van der Waals surface area contributed by atoms with Crippen molar-refractivity contribution >= 4 is 29.1 Å². The first-order valence-electron chi connectivity index (χ1n) is 4.45. The molecule has 0 saturated heterocycles. The van der Waals surface area contributed by atoms with E-state index in [1.54, 1.807) is 6.07 Å². The van der Waals surface area contributed by atoms with Crippen LogP contribution in [0, 0.1) is 0 Å². The SMILES string of the molecule is CC(C)(CCl)NC(=O)c1ccnc(Cl)c1. The summed E-state index contributed by atoms with van der Waals surface area (Å²) in [5.74, 6) is 0.141. The van der Waals surface area contributed by atoms with Crippen molar-refractivity contribution in [2.45, 2.75) is 19.4 Å². The van der Waals surface area contributed by atoms with Gasteiger partial charge < -0.3 is 5.32 Å². The topological polar surface area (TPSA) is 42.0 Å². The minimum atomic E-state index is -0.436. The predicted octanol–water partition coefficient (Wildman–Crippen LogP) is 2.48. The minimum absolute atomic E-state index is 0.204. The van der Waals surface area contributed by atoms with Gasteiger partial charge in [-0.2, -0.15) is 0 Å². The van der Waals surface area contributed by atoms with E-state index >= 15 is 0 Å². The van der Waals surface area contributed by atoms with E-state index in [9.17, 15) is 4.79 Å². The number of aromatic nitrogens is 1. The Balaban J connectivity index is 2.78. The third-order valence-corrected chi connectivity index (χ3v) is 2.65. The van der Waals surface area contributed by atoms with Crippen LogP contribution in [-0.4, -0.2) is 22.3 Å². The lowest BCUT2D eigenvalue weighted by molar-refractivity contribution is 0.0920. The summed E-state index contributed by atoms with van der Waals surface area (Å²) in [5.41, 5.74) is 0.0437. The Labute approximate surface area is 98.8 Å². The Kier molecular flexibility index (Phi) is 3.94. The number of alkyl halides is 1. The second kappa shape index (κ2) is 4.81. The van der Waals surface area contributed by atoms with Crippen molar-refractivity contribution in [1.29, 1.82) is 0 Å². The summed E-state index contributed by atoms with van der Waals surface area (Å²) < 4.78 is 0. The number of carbonyl (C=O) groups is 1. The Morgan fingerprint density at radius 3 is 2.80 bits per heavy atom. The molecule has 0 bridgehead atoms. The fraction of sp³-hybridized carbons (Fsp3) is 0.400. The highest BCUT2D eigenvalue weighted by molar-refractivity contribution is 6.29. The van der Waals surface area contributed by atoms with Crippen molar-refractivity contribution in [2.75, 3.05) is 5.88 Å². The van der Waals surface area contributed by atoms with E-state index in [2.05, 4.69) is 10.3 Å². The number of rotatable bonds is 3. The largest absolute Gasteiger partial charge is 0.346 e. The van der Waals surface area contributed by atoms with E-state index in [0.29, 0.717) is 16.6 Å². The van der Waals surface area contributed by atoms with E-state index in [0.717, 1.165) is 0 Å². The van der Waals surface area contributed by atoms with Crippen LogP contribution in [0.15, 0.2) is 18.3 Å². The Bertz CT molecular complexity index is 366. The van der Waals surface area contributed by atoms with Gasteiger partial charge in [0, 0.05) is 23.2 Å². The zero-order valence-electron chi connectivity index (χ0n) is 8.55. The second-order valence-corrected chi connectivity index (χ2v) is 4.49. The Hall–Kier alpha value is -0.800. The smallest absolute Gasteiger partial charge is 0.251 e. The number of nitrogens with zero attached hydrogens (tertiary/aromatic N) is 1. The third-order valence-electron chi connectivity index (χ3n) is 1.77. The number of hydrogen-bond acceptors (Lipinski definition) is 2. The zero-order chi connectivity index (χ0) is 11.5. The molecule has 82 valence electrons. The molecule has 3 nitrogen and oxygen atoms in total. The maximum Gasteiger partial charge on any atom is 0.251 e. The van der Waals surface area contributed by atoms with Crippen LogP contribution < -0.4 is 5.32 Å². The summed E-state index contributed by atoms with van der Waals surface area (Å²) in [6, 6.07) is 3.12. The van der Waals surface area contributed by atoms with E-state index in [1.165, 1.54) is 12.3 Å². The van der Waals surface area contributed by atoms with Crippen molar-refractivity contribution in [1.82, 2.24) is 10.3 Å². The lowest BCUT2D eigenvalue weighted by Crippen LogP contribution is -2.44. The first-order chi connectivity index (χ1) is 6.94. The van der Waals surface area contributed by atoms with Crippen LogP contribution in [0.25, 0.3) is 0 Å². The fourth-order valence-corrected chi connectivity index (χ4v) is 1.20. The molecule has 0 aromatic carbocycles. The van der Waals surface area contributed by atoms with Gasteiger partial charge in [-0.25, -0.2) is 4.98 Å². The maximum atomic E-state index is 11.7. The van der Waals surface area contributed by atoms with E-state index in [4.69, 9.17) is 23.2 Å². The molecule has 0 saturated carbocycles. The standard InChI is InChI=1S/C10H12Cl2N2O/c1-10(2,6-11)14-9(15)7-3-4-13-8(12)5-7/h3-5H,6H2,1-2H3,(H,14,15). The lowest BCUT2D eigenvalue weighted by atomic mass is 10.1. The van der Waals surface area contributed by atoms with Crippen LogP contribution in [0.5, 0.6) is 0 Å². The van der Waals surface area contributed by atoms with Gasteiger partial charge >= 0.3 is 0 Å². The molecule has 1 aromatic heterocycles. The van der Waals surface area contributed by atoms with Crippen molar-refractivity contribution in [3.05, 3.63) is 29.0 Å². The van der Waals surface area contributed by atoms with Crippen LogP contribution >= 0.6 is 23.2 Å². The zero-order valence-corrected chi connectivity index (χ0v) is 10.1. The molecule has 0 atom stereocenters. The normalized spacial score (nSPS) is 11.2. The molecule has 1 rings (SSSR count). The molecule has 1 heterocycles. The van der Waals surface area contributed by atoms with Crippen molar-refractivity contribution in [3.63, 3.8) is 0 Å². The average Bonchev–Trinajstić information content (AvgIpc) is 2.17. The van der Waals surface area contributed by atoms with E-state index in [-0.39, 0.29) is 5.91 Å². The van der Waals surface area contributed by atoms with E-state index < -0.39 is 5.54 Å². The Morgan fingerprint density at radius 2 is 2.27 bits per heavy atom. The predicted molar refractivity (Wildman–Crippen MR) is 61.5 cm³/mol. The number of hydrogen-bond donors (Lipinski definition) is 1. The summed E-state index contributed by atoms with van der Waals surface area (Å²) in [6.45, 7) is 3.70. The average molecular weight is 247 g/mol. The van der Waals surface area contributed by atoms with Gasteiger partial charge in [0.2, 0.25) is 0 Å². The number of halogens is 2. The molecule has 0 unspecified atom stereocenters. The first-order valence-corrected chi connectivity index (χ1v) is 5.36. The van der Waals surface area contributed by atoms with Crippen LogP contribution in [0.1, 0.15) is 24.2 Å². The molecular formula is C10H12Cl2N2O. The van der Waals surface area contributed by atoms with Crippen LogP contribution in [0.4, 0.5) is 0 Å². The minimum Gasteiger partial charge on any atom is -0.346 e. The molecule has 1 N–H and O–H groups in total. The molecule has 0 radical (unpaired) electrons. The molecule has 0 spiro atoms. The highest BCUT2D eigenvalue weighted by Gasteiger charge is 2.19. The van der Waals surface area contributed by atoms with Gasteiger partial charge in [0.15, 0.2) is 0 Å². The summed E-state index contributed by atoms with van der Waals surface area (Å²) in [4.78, 5) is 15.5. The van der Waals surface area contributed by atoms with Gasteiger partial charge in [0.25, 0.3) is 5.91 Å². The van der Waals surface area contributed by atoms with Gasteiger partial charge in [0.1, 0.15) is 5.15 Å². The summed E-state index contributed by atoms with van der Waals surface area (Å²) in [6.07, 6.45) is 1.49. The Morgan fingerprint density at radius 1 is 1.60 bits per heavy atom. The van der Waals surface area contributed by atoms with Crippen molar-refractivity contribution < 1.29 is 4.79 Å². The molecule has 15 heavy (non-hydrogen) atoms. The summed E-state index contributed by atoms with van der Waals surface area (Å²) in [7, 11) is 0.